The van der Waals surface area contributed by atoms with Gasteiger partial charge in [0, 0.05) is 21.4 Å². The van der Waals surface area contributed by atoms with Crippen molar-refractivity contribution in [2.75, 3.05) is 11.5 Å². The molecule has 0 atom stereocenters. The molecule has 5 N–H and O–H groups in total. The number of carbonyl (C=O) groups is 1. The van der Waals surface area contributed by atoms with Gasteiger partial charge in [0.15, 0.2) is 0 Å². The third-order valence-electron chi connectivity index (χ3n) is 2.52. The van der Waals surface area contributed by atoms with Crippen LogP contribution in [-0.2, 0) is 11.3 Å². The zero-order valence-electron chi connectivity index (χ0n) is 14.6. The molecule has 2 aromatic carbocycles. The molecule has 0 unspecified atom stereocenters. The molecule has 0 fully saturated rings. The van der Waals surface area contributed by atoms with Crippen LogP contribution in [0, 0.1) is 10.1 Å². The number of halogens is 2. The quantitative estimate of drug-likeness (QED) is 0.211. The van der Waals surface area contributed by atoms with E-state index in [2.05, 4.69) is 42.1 Å². The van der Waals surface area contributed by atoms with E-state index >= 15 is 0 Å². The van der Waals surface area contributed by atoms with Gasteiger partial charge in [-0.1, -0.05) is 37.9 Å². The van der Waals surface area contributed by atoms with Gasteiger partial charge >= 0.3 is 29.6 Å². The second-order valence-electron chi connectivity index (χ2n) is 4.54. The standard InChI is InChI=1S/C7H5BrN2.C6H7BrN2.C2H4O2.HNO2.Na/c8-6-2-1-5-4-9-10-7(5)3-6;7-4-1-2-5(8)6(9)3-4;1-2(3)4;2-1-3;/h1-3H,4H2;1-3H,8-9H2;1H3,(H,3,4);(H,2,3);/q;;;;+1/p-1. The monoisotopic (exact) mass is 511 g/mol. The summed E-state index contributed by atoms with van der Waals surface area (Å²) in [6.45, 7) is 1.82. The topological polar surface area (TPSA) is 167 Å². The number of carboxylic acid groups (broad SMARTS) is 1. The minimum atomic E-state index is -0.833. The van der Waals surface area contributed by atoms with E-state index < -0.39 is 5.97 Å². The first-order chi connectivity index (χ1) is 12.2. The molecule has 3 rings (SSSR count). The molecule has 0 aromatic heterocycles. The predicted octanol–water partition coefficient (Wildman–Crippen LogP) is 2.01. The Balaban J connectivity index is 0. The van der Waals surface area contributed by atoms with Crippen molar-refractivity contribution in [3.8, 4) is 0 Å². The van der Waals surface area contributed by atoms with E-state index in [0.29, 0.717) is 11.4 Å². The molecule has 0 spiro atoms. The van der Waals surface area contributed by atoms with E-state index in [1.54, 1.807) is 12.1 Å². The van der Waals surface area contributed by atoms with Gasteiger partial charge in [-0.05, 0) is 30.3 Å². The Morgan fingerprint density at radius 2 is 1.63 bits per heavy atom. The Labute approximate surface area is 194 Å². The first kappa shape index (κ1) is 27.7. The third-order valence-corrected chi connectivity index (χ3v) is 3.50. The molecule has 27 heavy (non-hydrogen) atoms. The molecular formula is C15H16Br2N5NaO4. The smallest absolute Gasteiger partial charge is 0.481 e. The maximum Gasteiger partial charge on any atom is 1.00 e. The minimum Gasteiger partial charge on any atom is -0.481 e. The average molecular weight is 513 g/mol. The van der Waals surface area contributed by atoms with Gasteiger partial charge in [-0.2, -0.15) is 10.2 Å². The van der Waals surface area contributed by atoms with Crippen molar-refractivity contribution >= 4 is 54.9 Å². The SMILES string of the molecule is Brc1ccc2c(c1)N=NC2.CC(=O)O.Nc1ccc(Br)cc1N.O=N[O-].[Na+]. The number of anilines is 2. The Hall–Kier alpha value is -1.53. The fourth-order valence-electron chi connectivity index (χ4n) is 1.50. The normalized spacial score (nSPS) is 9.59. The van der Waals surface area contributed by atoms with Crippen LogP contribution >= 0.6 is 31.9 Å². The van der Waals surface area contributed by atoms with Crippen molar-refractivity contribution in [3.05, 3.63) is 61.0 Å². The van der Waals surface area contributed by atoms with Gasteiger partial charge in [0.25, 0.3) is 5.97 Å². The predicted molar refractivity (Wildman–Crippen MR) is 108 cm³/mol. The number of nitrogens with zero attached hydrogens (tertiary/aromatic N) is 3. The van der Waals surface area contributed by atoms with Crippen molar-refractivity contribution in [1.29, 1.82) is 0 Å². The average Bonchev–Trinajstić information content (AvgIpc) is 2.99. The Kier molecular flexibility index (Phi) is 15.9. The maximum absolute atomic E-state index is 9.00. The van der Waals surface area contributed by atoms with E-state index in [4.69, 9.17) is 31.5 Å². The molecule has 0 saturated carbocycles. The van der Waals surface area contributed by atoms with Crippen molar-refractivity contribution in [2.45, 2.75) is 13.5 Å². The van der Waals surface area contributed by atoms with Crippen LogP contribution in [0.5, 0.6) is 0 Å². The molecule has 0 amide bonds. The van der Waals surface area contributed by atoms with Gasteiger partial charge in [-0.25, -0.2) is 0 Å². The van der Waals surface area contributed by atoms with E-state index in [-0.39, 0.29) is 29.6 Å². The van der Waals surface area contributed by atoms with E-state index in [0.717, 1.165) is 33.4 Å². The molecule has 2 aromatic rings. The fraction of sp³-hybridized carbons (Fsp3) is 0.133. The van der Waals surface area contributed by atoms with Gasteiger partial charge in [0.05, 0.1) is 23.6 Å². The first-order valence-corrected chi connectivity index (χ1v) is 8.40. The van der Waals surface area contributed by atoms with Crippen LogP contribution in [0.1, 0.15) is 12.5 Å². The molecule has 0 radical (unpaired) electrons. The summed E-state index contributed by atoms with van der Waals surface area (Å²) in [5, 5.41) is 24.3. The van der Waals surface area contributed by atoms with Crippen LogP contribution in [0.4, 0.5) is 17.1 Å². The van der Waals surface area contributed by atoms with Crippen molar-refractivity contribution in [1.82, 2.24) is 0 Å². The van der Waals surface area contributed by atoms with Crippen molar-refractivity contribution in [2.24, 2.45) is 15.6 Å². The van der Waals surface area contributed by atoms with Gasteiger partial charge in [-0.15, -0.1) is 5.34 Å². The third kappa shape index (κ3) is 13.3. The fourth-order valence-corrected chi connectivity index (χ4v) is 2.22. The molecule has 0 aliphatic carbocycles. The van der Waals surface area contributed by atoms with Gasteiger partial charge in [0.1, 0.15) is 0 Å². The van der Waals surface area contributed by atoms with E-state index in [1.165, 1.54) is 5.56 Å². The number of nitrogen functional groups attached to an aromatic ring is 2. The van der Waals surface area contributed by atoms with Crippen LogP contribution < -0.4 is 41.0 Å². The Morgan fingerprint density at radius 3 is 2.11 bits per heavy atom. The summed E-state index contributed by atoms with van der Waals surface area (Å²) in [4.78, 5) is 17.0. The summed E-state index contributed by atoms with van der Waals surface area (Å²) < 4.78 is 2.02. The molecule has 9 nitrogen and oxygen atoms in total. The van der Waals surface area contributed by atoms with Gasteiger partial charge < -0.3 is 26.7 Å². The number of nitrogens with two attached hydrogens (primary N) is 2. The van der Waals surface area contributed by atoms with Crippen LogP contribution in [0.2, 0.25) is 0 Å². The molecule has 1 aliphatic rings. The van der Waals surface area contributed by atoms with Crippen molar-refractivity contribution < 1.29 is 39.5 Å². The number of fused-ring (bicyclic) bond motifs is 1. The van der Waals surface area contributed by atoms with Crippen LogP contribution in [0.25, 0.3) is 0 Å². The molecule has 1 aliphatic heterocycles. The van der Waals surface area contributed by atoms with Crippen molar-refractivity contribution in [3.63, 3.8) is 0 Å². The number of carboxylic acids is 1. The summed E-state index contributed by atoms with van der Waals surface area (Å²) in [5.41, 5.74) is 14.4. The molecule has 140 valence electrons. The second-order valence-corrected chi connectivity index (χ2v) is 6.37. The Morgan fingerprint density at radius 1 is 1.15 bits per heavy atom. The number of rotatable bonds is 0. The second kappa shape index (κ2) is 15.5. The molecule has 0 bridgehead atoms. The van der Waals surface area contributed by atoms with E-state index in [1.807, 2.05) is 24.3 Å². The zero-order valence-corrected chi connectivity index (χ0v) is 19.8. The van der Waals surface area contributed by atoms with Crippen LogP contribution in [-0.4, -0.2) is 11.1 Å². The summed E-state index contributed by atoms with van der Waals surface area (Å²) in [6, 6.07) is 11.4. The summed E-state index contributed by atoms with van der Waals surface area (Å²) in [7, 11) is 0. The minimum absolute atomic E-state index is 0. The molecule has 1 heterocycles. The molecule has 0 saturated heterocycles. The number of aliphatic carboxylic acids is 1. The Bertz CT molecular complexity index is 774. The number of benzene rings is 2. The molecule has 12 heteroatoms. The number of hydrogen-bond donors (Lipinski definition) is 3. The summed E-state index contributed by atoms with van der Waals surface area (Å²) in [6.07, 6.45) is 0. The summed E-state index contributed by atoms with van der Waals surface area (Å²) in [5.74, 6) is -0.833. The first-order valence-electron chi connectivity index (χ1n) is 6.82. The number of hydrogen-bond acceptors (Lipinski definition) is 8. The van der Waals surface area contributed by atoms with Gasteiger partial charge in [-0.3, -0.25) is 4.79 Å². The zero-order chi connectivity index (χ0) is 20.1. The number of azo groups is 1. The van der Waals surface area contributed by atoms with Crippen LogP contribution in [0.3, 0.4) is 0 Å². The maximum atomic E-state index is 9.00. The van der Waals surface area contributed by atoms with Crippen LogP contribution in [0.15, 0.2) is 60.9 Å². The largest absolute Gasteiger partial charge is 1.00 e. The molecular weight excluding hydrogens is 497 g/mol. The summed E-state index contributed by atoms with van der Waals surface area (Å²) >= 11 is 6.62. The van der Waals surface area contributed by atoms with E-state index in [9.17, 15) is 0 Å². The van der Waals surface area contributed by atoms with Gasteiger partial charge in [0.2, 0.25) is 0 Å².